The van der Waals surface area contributed by atoms with E-state index in [4.69, 9.17) is 22.9 Å². The normalized spacial score (nSPS) is 15.0. The second-order valence-corrected chi connectivity index (χ2v) is 8.73. The lowest BCUT2D eigenvalue weighted by atomic mass is 9.98. The number of unbranched alkanes of at least 4 members (excludes halogenated alkanes) is 1. The number of hydrogen-bond acceptors (Lipinski definition) is 8. The topological polar surface area (TPSA) is 263 Å². The summed E-state index contributed by atoms with van der Waals surface area (Å²) in [7, 11) is 0. The Labute approximate surface area is 210 Å². The van der Waals surface area contributed by atoms with Gasteiger partial charge in [-0.05, 0) is 38.1 Å². The summed E-state index contributed by atoms with van der Waals surface area (Å²) in [5.74, 6) is -5.43. The molecule has 14 heteroatoms. The number of carboxylic acids is 1. The lowest BCUT2D eigenvalue weighted by molar-refractivity contribution is -0.144. The van der Waals surface area contributed by atoms with E-state index in [1.54, 1.807) is 13.8 Å². The van der Waals surface area contributed by atoms with Crippen LogP contribution in [-0.2, 0) is 28.8 Å². The zero-order valence-corrected chi connectivity index (χ0v) is 21.0. The third-order valence-electron chi connectivity index (χ3n) is 5.71. The summed E-state index contributed by atoms with van der Waals surface area (Å²) in [6.07, 6.45) is 1.14. The third kappa shape index (κ3) is 13.0. The van der Waals surface area contributed by atoms with Gasteiger partial charge in [-0.3, -0.25) is 24.0 Å². The van der Waals surface area contributed by atoms with Crippen LogP contribution in [0.5, 0.6) is 0 Å². The maximum Gasteiger partial charge on any atom is 0.326 e. The highest BCUT2D eigenvalue weighted by atomic mass is 16.4. The number of nitrogens with two attached hydrogens (primary N) is 4. The molecule has 0 saturated carbocycles. The van der Waals surface area contributed by atoms with Gasteiger partial charge >= 0.3 is 5.97 Å². The molecule has 0 aromatic rings. The predicted octanol–water partition coefficient (Wildman–Crippen LogP) is -2.44. The van der Waals surface area contributed by atoms with E-state index < -0.39 is 65.6 Å². The number of carboxylic acid groups (broad SMARTS) is 1. The van der Waals surface area contributed by atoms with Crippen molar-refractivity contribution < 1.29 is 33.9 Å². The van der Waals surface area contributed by atoms with Crippen molar-refractivity contribution in [2.75, 3.05) is 6.54 Å². The molecule has 36 heavy (non-hydrogen) atoms. The van der Waals surface area contributed by atoms with Crippen molar-refractivity contribution in [2.45, 2.75) is 89.4 Å². The van der Waals surface area contributed by atoms with Crippen molar-refractivity contribution in [1.82, 2.24) is 16.0 Å². The van der Waals surface area contributed by atoms with Gasteiger partial charge in [0.15, 0.2) is 0 Å². The first-order valence-corrected chi connectivity index (χ1v) is 12.0. The molecule has 5 atom stereocenters. The molecule has 5 unspecified atom stereocenters. The Bertz CT molecular complexity index is 778. The smallest absolute Gasteiger partial charge is 0.326 e. The molecule has 0 rings (SSSR count). The summed E-state index contributed by atoms with van der Waals surface area (Å²) in [6.45, 7) is 3.83. The molecule has 14 nitrogen and oxygen atoms in total. The van der Waals surface area contributed by atoms with Crippen molar-refractivity contribution >= 4 is 35.5 Å². The van der Waals surface area contributed by atoms with E-state index in [0.29, 0.717) is 32.2 Å². The molecule has 0 fully saturated rings. The second-order valence-electron chi connectivity index (χ2n) is 8.73. The van der Waals surface area contributed by atoms with Crippen molar-refractivity contribution in [3.05, 3.63) is 0 Å². The standard InChI is InChI=1S/C22H41N7O7/c1-3-12(2)18(22(35)36)29-21(34)15(8-10-17(26)31)28-20(33)14(7-9-16(25)30)27-19(32)13(24)6-4-5-11-23/h12-15,18H,3-11,23-24H2,1-2H3,(H2,25,30)(H2,26,31)(H,27,32)(H,28,33)(H,29,34)(H,35,36). The maximum atomic E-state index is 13.0. The number of nitrogens with one attached hydrogen (secondary N) is 3. The average Bonchev–Trinajstić information content (AvgIpc) is 2.81. The van der Waals surface area contributed by atoms with Crippen LogP contribution in [0.4, 0.5) is 0 Å². The zero-order chi connectivity index (χ0) is 27.8. The van der Waals surface area contributed by atoms with Crippen molar-refractivity contribution in [1.29, 1.82) is 0 Å². The largest absolute Gasteiger partial charge is 0.480 e. The molecule has 0 aliphatic carbocycles. The first-order valence-electron chi connectivity index (χ1n) is 12.0. The van der Waals surface area contributed by atoms with Crippen LogP contribution >= 0.6 is 0 Å². The lowest BCUT2D eigenvalue weighted by Gasteiger charge is -2.26. The average molecular weight is 516 g/mol. The highest BCUT2D eigenvalue weighted by Gasteiger charge is 2.32. The molecule has 0 aromatic carbocycles. The van der Waals surface area contributed by atoms with E-state index in [-0.39, 0.29) is 25.7 Å². The Kier molecular flexibility index (Phi) is 15.7. The fourth-order valence-electron chi connectivity index (χ4n) is 3.24. The van der Waals surface area contributed by atoms with Crippen molar-refractivity contribution in [3.8, 4) is 0 Å². The van der Waals surface area contributed by atoms with Crippen LogP contribution in [0.25, 0.3) is 0 Å². The molecule has 0 aromatic heterocycles. The Morgan fingerprint density at radius 1 is 0.778 bits per heavy atom. The van der Waals surface area contributed by atoms with Gasteiger partial charge < -0.3 is 44.0 Å². The highest BCUT2D eigenvalue weighted by molar-refractivity contribution is 5.94. The van der Waals surface area contributed by atoms with E-state index in [9.17, 15) is 33.9 Å². The van der Waals surface area contributed by atoms with Crippen LogP contribution in [0.3, 0.4) is 0 Å². The Hall–Kier alpha value is -3.26. The monoisotopic (exact) mass is 515 g/mol. The maximum absolute atomic E-state index is 13.0. The van der Waals surface area contributed by atoms with Crippen LogP contribution in [-0.4, -0.2) is 71.3 Å². The van der Waals surface area contributed by atoms with Gasteiger partial charge in [0.1, 0.15) is 18.1 Å². The molecule has 0 bridgehead atoms. The summed E-state index contributed by atoms with van der Waals surface area (Å²) >= 11 is 0. The molecule has 0 aliphatic heterocycles. The number of aliphatic carboxylic acids is 1. The fraction of sp³-hybridized carbons (Fsp3) is 0.727. The van der Waals surface area contributed by atoms with Crippen LogP contribution in [0, 0.1) is 5.92 Å². The highest BCUT2D eigenvalue weighted by Crippen LogP contribution is 2.10. The SMILES string of the molecule is CCC(C)C(NC(=O)C(CCC(N)=O)NC(=O)C(CCC(N)=O)NC(=O)C(N)CCCCN)C(=O)O. The van der Waals surface area contributed by atoms with Crippen molar-refractivity contribution in [2.24, 2.45) is 28.9 Å². The van der Waals surface area contributed by atoms with Gasteiger partial charge in [-0.25, -0.2) is 4.79 Å². The van der Waals surface area contributed by atoms with Gasteiger partial charge in [-0.1, -0.05) is 26.7 Å². The van der Waals surface area contributed by atoms with Crippen LogP contribution in [0.1, 0.15) is 65.2 Å². The van der Waals surface area contributed by atoms with Gasteiger partial charge in [0.2, 0.25) is 29.5 Å². The molecule has 0 saturated heterocycles. The van der Waals surface area contributed by atoms with Crippen LogP contribution in [0.2, 0.25) is 0 Å². The minimum absolute atomic E-state index is 0.169. The first kappa shape index (κ1) is 32.7. The third-order valence-corrected chi connectivity index (χ3v) is 5.71. The number of amides is 5. The molecular weight excluding hydrogens is 474 g/mol. The lowest BCUT2D eigenvalue weighted by Crippen LogP contribution is -2.57. The Morgan fingerprint density at radius 2 is 1.25 bits per heavy atom. The van der Waals surface area contributed by atoms with Crippen molar-refractivity contribution in [3.63, 3.8) is 0 Å². The first-order chi connectivity index (χ1) is 16.8. The zero-order valence-electron chi connectivity index (χ0n) is 21.0. The van der Waals surface area contributed by atoms with Gasteiger partial charge in [0.05, 0.1) is 6.04 Å². The fourth-order valence-corrected chi connectivity index (χ4v) is 3.24. The van der Waals surface area contributed by atoms with E-state index >= 15 is 0 Å². The number of carbonyl (C=O) groups excluding carboxylic acids is 5. The number of primary amides is 2. The molecular formula is C22H41N7O7. The predicted molar refractivity (Wildman–Crippen MR) is 131 cm³/mol. The minimum atomic E-state index is -1.33. The van der Waals surface area contributed by atoms with E-state index in [1.807, 2.05) is 0 Å². The van der Waals surface area contributed by atoms with Gasteiger partial charge in [0, 0.05) is 12.8 Å². The summed E-state index contributed by atoms with van der Waals surface area (Å²) in [4.78, 5) is 72.5. The van der Waals surface area contributed by atoms with Crippen LogP contribution in [0.15, 0.2) is 0 Å². The summed E-state index contributed by atoms with van der Waals surface area (Å²) < 4.78 is 0. The Balaban J connectivity index is 5.61. The van der Waals surface area contributed by atoms with E-state index in [1.165, 1.54) is 0 Å². The van der Waals surface area contributed by atoms with Gasteiger partial charge in [0.25, 0.3) is 0 Å². The van der Waals surface area contributed by atoms with Gasteiger partial charge in [-0.15, -0.1) is 0 Å². The van der Waals surface area contributed by atoms with E-state index in [0.717, 1.165) is 0 Å². The molecule has 0 aliphatic rings. The number of hydrogen-bond donors (Lipinski definition) is 8. The summed E-state index contributed by atoms with van der Waals surface area (Å²) in [6, 6.07) is -4.75. The number of carbonyl (C=O) groups is 6. The number of rotatable bonds is 19. The van der Waals surface area contributed by atoms with Gasteiger partial charge in [-0.2, -0.15) is 0 Å². The Morgan fingerprint density at radius 3 is 1.67 bits per heavy atom. The molecule has 0 radical (unpaired) electrons. The minimum Gasteiger partial charge on any atom is -0.480 e. The molecule has 0 heterocycles. The van der Waals surface area contributed by atoms with Crippen LogP contribution < -0.4 is 38.9 Å². The van der Waals surface area contributed by atoms with E-state index in [2.05, 4.69) is 16.0 Å². The summed E-state index contributed by atoms with van der Waals surface area (Å²) in [5, 5.41) is 16.7. The second kappa shape index (κ2) is 17.2. The molecule has 0 spiro atoms. The molecule has 5 amide bonds. The molecule has 12 N–H and O–H groups in total. The quantitative estimate of drug-likeness (QED) is 0.0848. The summed E-state index contributed by atoms with van der Waals surface area (Å²) in [5.41, 5.74) is 21.7. The molecule has 206 valence electrons.